The monoisotopic (exact) mass is 226 g/mol. The Balaban J connectivity index is 3.64. The average molecular weight is 226 g/mol. The van der Waals surface area contributed by atoms with Gasteiger partial charge in [0.25, 0.3) is 0 Å². The largest absolute Gasteiger partial charge is 0.294 e. The molecule has 3 nitrogen and oxygen atoms in total. The second kappa shape index (κ2) is 3.77. The van der Waals surface area contributed by atoms with E-state index in [9.17, 15) is 13.2 Å². The van der Waals surface area contributed by atoms with E-state index in [0.29, 0.717) is 0 Å². The van der Waals surface area contributed by atoms with Crippen LogP contribution in [0, 0.1) is 13.8 Å². The van der Waals surface area contributed by atoms with Crippen LogP contribution in [0.2, 0.25) is 0 Å². The third-order valence-corrected chi connectivity index (χ3v) is 3.51. The first-order chi connectivity index (χ1) is 6.73. The van der Waals surface area contributed by atoms with Crippen molar-refractivity contribution < 1.29 is 13.2 Å². The first kappa shape index (κ1) is 11.9. The Morgan fingerprint density at radius 2 is 1.60 bits per heavy atom. The van der Waals surface area contributed by atoms with Crippen LogP contribution in [-0.4, -0.2) is 20.5 Å². The lowest BCUT2D eigenvalue weighted by molar-refractivity contribution is 0.101. The van der Waals surface area contributed by atoms with Gasteiger partial charge in [0.2, 0.25) is 0 Å². The standard InChI is InChI=1S/C11H14O3S/c1-7-5-10(9(3)12)11(6-8(7)2)15(4,13)14/h5-6H,1-4H3. The van der Waals surface area contributed by atoms with Crippen LogP contribution in [0.4, 0.5) is 0 Å². The minimum absolute atomic E-state index is 0.123. The predicted octanol–water partition coefficient (Wildman–Crippen LogP) is 1.91. The smallest absolute Gasteiger partial charge is 0.176 e. The van der Waals surface area contributed by atoms with E-state index in [-0.39, 0.29) is 16.2 Å². The maximum Gasteiger partial charge on any atom is 0.176 e. The van der Waals surface area contributed by atoms with Gasteiger partial charge in [-0.05, 0) is 44.0 Å². The molecule has 0 bridgehead atoms. The Morgan fingerprint density at radius 1 is 1.13 bits per heavy atom. The summed E-state index contributed by atoms with van der Waals surface area (Å²) in [6.07, 6.45) is 1.11. The normalized spacial score (nSPS) is 11.5. The van der Waals surface area contributed by atoms with Gasteiger partial charge in [0.05, 0.1) is 4.90 Å². The molecular weight excluding hydrogens is 212 g/mol. The summed E-state index contributed by atoms with van der Waals surface area (Å²) in [6.45, 7) is 5.06. The summed E-state index contributed by atoms with van der Waals surface area (Å²) in [5.74, 6) is -0.224. The summed E-state index contributed by atoms with van der Waals surface area (Å²) in [5, 5.41) is 0. The maximum atomic E-state index is 11.5. The lowest BCUT2D eigenvalue weighted by Crippen LogP contribution is -2.07. The van der Waals surface area contributed by atoms with Crippen molar-refractivity contribution in [1.29, 1.82) is 0 Å². The van der Waals surface area contributed by atoms with Crippen molar-refractivity contribution in [3.05, 3.63) is 28.8 Å². The van der Waals surface area contributed by atoms with Gasteiger partial charge < -0.3 is 0 Å². The molecule has 4 heteroatoms. The molecule has 0 unspecified atom stereocenters. The molecule has 1 rings (SSSR count). The molecule has 15 heavy (non-hydrogen) atoms. The Hall–Kier alpha value is -1.16. The highest BCUT2D eigenvalue weighted by atomic mass is 32.2. The van der Waals surface area contributed by atoms with Crippen molar-refractivity contribution in [1.82, 2.24) is 0 Å². The fourth-order valence-corrected chi connectivity index (χ4v) is 2.36. The summed E-state index contributed by atoms with van der Waals surface area (Å²) in [7, 11) is -3.34. The number of hydrogen-bond acceptors (Lipinski definition) is 3. The molecule has 0 amide bonds. The fraction of sp³-hybridized carbons (Fsp3) is 0.364. The van der Waals surface area contributed by atoms with Gasteiger partial charge in [0, 0.05) is 11.8 Å². The lowest BCUT2D eigenvalue weighted by atomic mass is 10.0. The van der Waals surface area contributed by atoms with Crippen LogP contribution in [0.15, 0.2) is 17.0 Å². The number of benzene rings is 1. The highest BCUT2D eigenvalue weighted by molar-refractivity contribution is 7.90. The van der Waals surface area contributed by atoms with Gasteiger partial charge in [-0.3, -0.25) is 4.79 Å². The molecule has 0 aromatic heterocycles. The van der Waals surface area contributed by atoms with Crippen LogP contribution >= 0.6 is 0 Å². The van der Waals surface area contributed by atoms with Gasteiger partial charge in [0.15, 0.2) is 15.6 Å². The minimum atomic E-state index is -3.34. The molecule has 0 spiro atoms. The van der Waals surface area contributed by atoms with Gasteiger partial charge >= 0.3 is 0 Å². The Bertz CT molecular complexity index is 513. The zero-order chi connectivity index (χ0) is 11.8. The number of rotatable bonds is 2. The summed E-state index contributed by atoms with van der Waals surface area (Å²) in [6, 6.07) is 3.19. The molecule has 1 aromatic carbocycles. The van der Waals surface area contributed by atoms with Crippen molar-refractivity contribution in [3.63, 3.8) is 0 Å². The molecule has 82 valence electrons. The van der Waals surface area contributed by atoms with E-state index in [0.717, 1.165) is 17.4 Å². The van der Waals surface area contributed by atoms with Crippen LogP contribution in [0.3, 0.4) is 0 Å². The predicted molar refractivity (Wildman–Crippen MR) is 59.0 cm³/mol. The second-order valence-electron chi connectivity index (χ2n) is 3.76. The molecule has 0 aliphatic carbocycles. The van der Waals surface area contributed by atoms with E-state index in [4.69, 9.17) is 0 Å². The molecule has 0 saturated carbocycles. The molecule has 0 N–H and O–H groups in total. The van der Waals surface area contributed by atoms with Crippen LogP contribution in [0.5, 0.6) is 0 Å². The van der Waals surface area contributed by atoms with Crippen molar-refractivity contribution >= 4 is 15.6 Å². The maximum absolute atomic E-state index is 11.5. The third kappa shape index (κ3) is 2.45. The summed E-state index contributed by atoms with van der Waals surface area (Å²) < 4.78 is 22.9. The van der Waals surface area contributed by atoms with E-state index in [1.165, 1.54) is 6.92 Å². The highest BCUT2D eigenvalue weighted by Crippen LogP contribution is 2.21. The Morgan fingerprint density at radius 3 is 2.00 bits per heavy atom. The molecule has 1 aromatic rings. The minimum Gasteiger partial charge on any atom is -0.294 e. The Labute approximate surface area is 90.0 Å². The molecule has 0 fully saturated rings. The van der Waals surface area contributed by atoms with Crippen molar-refractivity contribution in [3.8, 4) is 0 Å². The van der Waals surface area contributed by atoms with Gasteiger partial charge in [0.1, 0.15) is 0 Å². The van der Waals surface area contributed by atoms with E-state index in [1.807, 2.05) is 13.8 Å². The topological polar surface area (TPSA) is 51.2 Å². The van der Waals surface area contributed by atoms with E-state index >= 15 is 0 Å². The van der Waals surface area contributed by atoms with E-state index in [2.05, 4.69) is 0 Å². The molecule has 0 heterocycles. The van der Waals surface area contributed by atoms with Gasteiger partial charge in [-0.25, -0.2) is 8.42 Å². The molecule has 0 saturated heterocycles. The first-order valence-corrected chi connectivity index (χ1v) is 6.45. The van der Waals surface area contributed by atoms with Crippen molar-refractivity contribution in [2.24, 2.45) is 0 Å². The quantitative estimate of drug-likeness (QED) is 0.724. The summed E-state index contributed by atoms with van der Waals surface area (Å²) >= 11 is 0. The van der Waals surface area contributed by atoms with E-state index in [1.54, 1.807) is 12.1 Å². The molecule has 0 aliphatic rings. The number of sulfone groups is 1. The number of aryl methyl sites for hydroxylation is 2. The number of hydrogen-bond donors (Lipinski definition) is 0. The van der Waals surface area contributed by atoms with E-state index < -0.39 is 9.84 Å². The molecule has 0 atom stereocenters. The van der Waals surface area contributed by atoms with Gasteiger partial charge in [-0.15, -0.1) is 0 Å². The summed E-state index contributed by atoms with van der Waals surface area (Å²) in [4.78, 5) is 11.4. The zero-order valence-corrected chi connectivity index (χ0v) is 10.1. The molecule has 0 radical (unpaired) electrons. The number of Topliss-reactive ketones (excluding diaryl/α,β-unsaturated/α-hetero) is 1. The number of carbonyl (C=O) groups is 1. The zero-order valence-electron chi connectivity index (χ0n) is 9.29. The molecule has 0 aliphatic heterocycles. The van der Waals surface area contributed by atoms with Gasteiger partial charge in [-0.2, -0.15) is 0 Å². The lowest BCUT2D eigenvalue weighted by Gasteiger charge is -2.08. The molecular formula is C11H14O3S. The first-order valence-electron chi connectivity index (χ1n) is 4.55. The number of carbonyl (C=O) groups excluding carboxylic acids is 1. The second-order valence-corrected chi connectivity index (χ2v) is 5.75. The Kier molecular flexibility index (Phi) is 3.00. The van der Waals surface area contributed by atoms with Gasteiger partial charge in [-0.1, -0.05) is 0 Å². The number of ketones is 1. The fourth-order valence-electron chi connectivity index (χ4n) is 1.37. The SMILES string of the molecule is CC(=O)c1cc(C)c(C)cc1S(C)(=O)=O. The summed E-state index contributed by atoms with van der Waals surface area (Å²) in [5.41, 5.74) is 2.08. The van der Waals surface area contributed by atoms with Crippen molar-refractivity contribution in [2.75, 3.05) is 6.26 Å². The van der Waals surface area contributed by atoms with Crippen LogP contribution in [-0.2, 0) is 9.84 Å². The van der Waals surface area contributed by atoms with Crippen LogP contribution in [0.25, 0.3) is 0 Å². The highest BCUT2D eigenvalue weighted by Gasteiger charge is 2.17. The van der Waals surface area contributed by atoms with Crippen LogP contribution < -0.4 is 0 Å². The van der Waals surface area contributed by atoms with Crippen molar-refractivity contribution in [2.45, 2.75) is 25.7 Å². The third-order valence-electron chi connectivity index (χ3n) is 2.37. The van der Waals surface area contributed by atoms with Crippen LogP contribution in [0.1, 0.15) is 28.4 Å². The average Bonchev–Trinajstić information content (AvgIpc) is 2.06.